The first-order valence-corrected chi connectivity index (χ1v) is 7.49. The van der Waals surface area contributed by atoms with Gasteiger partial charge in [0.05, 0.1) is 6.61 Å². The third-order valence-corrected chi connectivity index (χ3v) is 3.41. The van der Waals surface area contributed by atoms with E-state index in [2.05, 4.69) is 4.98 Å². The topological polar surface area (TPSA) is 51.7 Å². The average molecular weight is 314 g/mol. The third-order valence-electron chi connectivity index (χ3n) is 3.41. The summed E-state index contributed by atoms with van der Waals surface area (Å²) in [6.45, 7) is 3.38. The molecule has 2 aromatic rings. The van der Waals surface area contributed by atoms with Gasteiger partial charge < -0.3 is 14.4 Å². The summed E-state index contributed by atoms with van der Waals surface area (Å²) in [6.07, 6.45) is 1.61. The summed E-state index contributed by atoms with van der Waals surface area (Å²) in [7, 11) is 3.37. The molecule has 23 heavy (non-hydrogen) atoms. The van der Waals surface area contributed by atoms with Gasteiger partial charge in [-0.2, -0.15) is 0 Å². The molecule has 1 heterocycles. The van der Waals surface area contributed by atoms with Gasteiger partial charge in [-0.1, -0.05) is 29.8 Å². The molecule has 1 amide bonds. The number of methoxy groups -OCH3 is 1. The van der Waals surface area contributed by atoms with Gasteiger partial charge in [-0.15, -0.1) is 0 Å². The van der Waals surface area contributed by atoms with Gasteiger partial charge in [-0.05, 0) is 24.6 Å². The van der Waals surface area contributed by atoms with Crippen molar-refractivity contribution in [2.24, 2.45) is 0 Å². The number of hydrogen-bond donors (Lipinski definition) is 0. The normalized spacial score (nSPS) is 10.4. The zero-order valence-electron chi connectivity index (χ0n) is 13.8. The second-order valence-electron chi connectivity index (χ2n) is 5.34. The fourth-order valence-electron chi connectivity index (χ4n) is 2.14. The van der Waals surface area contributed by atoms with Crippen LogP contribution >= 0.6 is 0 Å². The van der Waals surface area contributed by atoms with Gasteiger partial charge in [-0.25, -0.2) is 4.98 Å². The molecule has 5 nitrogen and oxygen atoms in total. The highest BCUT2D eigenvalue weighted by Crippen LogP contribution is 2.17. The van der Waals surface area contributed by atoms with Crippen LogP contribution < -0.4 is 4.74 Å². The van der Waals surface area contributed by atoms with E-state index in [1.807, 2.05) is 31.2 Å². The molecule has 0 radical (unpaired) electrons. The lowest BCUT2D eigenvalue weighted by Gasteiger charge is -2.19. The molecule has 0 fully saturated rings. The summed E-state index contributed by atoms with van der Waals surface area (Å²) >= 11 is 0. The number of carbonyl (C=O) groups excluding carboxylic acids is 1. The Labute approximate surface area is 136 Å². The van der Waals surface area contributed by atoms with Crippen LogP contribution in [0.1, 0.15) is 21.5 Å². The Kier molecular flexibility index (Phi) is 6.11. The second-order valence-corrected chi connectivity index (χ2v) is 5.34. The Balaban J connectivity index is 2.08. The van der Waals surface area contributed by atoms with E-state index in [1.54, 1.807) is 37.4 Å². The minimum atomic E-state index is -0.119. The summed E-state index contributed by atoms with van der Waals surface area (Å²) in [5, 5.41) is 0. The Morgan fingerprint density at radius 3 is 2.61 bits per heavy atom. The maximum absolute atomic E-state index is 12.6. The number of pyridine rings is 1. The van der Waals surface area contributed by atoms with Crippen LogP contribution in [0.2, 0.25) is 0 Å². The van der Waals surface area contributed by atoms with E-state index in [4.69, 9.17) is 9.47 Å². The maximum Gasteiger partial charge on any atom is 0.259 e. The van der Waals surface area contributed by atoms with Crippen molar-refractivity contribution < 1.29 is 14.3 Å². The molecule has 0 atom stereocenters. The minimum Gasteiger partial charge on any atom is -0.475 e. The van der Waals surface area contributed by atoms with Crippen molar-refractivity contribution in [2.75, 3.05) is 27.4 Å². The van der Waals surface area contributed by atoms with E-state index >= 15 is 0 Å². The smallest absolute Gasteiger partial charge is 0.259 e. The highest BCUT2D eigenvalue weighted by atomic mass is 16.5. The first-order chi connectivity index (χ1) is 11.1. The van der Waals surface area contributed by atoms with Crippen LogP contribution in [0.25, 0.3) is 0 Å². The molecule has 0 spiro atoms. The monoisotopic (exact) mass is 314 g/mol. The summed E-state index contributed by atoms with van der Waals surface area (Å²) in [5.74, 6) is 0.219. The fourth-order valence-corrected chi connectivity index (χ4v) is 2.14. The summed E-state index contributed by atoms with van der Waals surface area (Å²) in [5.41, 5.74) is 2.74. The number of nitrogens with zero attached hydrogens (tertiary/aromatic N) is 2. The lowest BCUT2D eigenvalue weighted by atomic mass is 10.1. The molecule has 0 unspecified atom stereocenters. The van der Waals surface area contributed by atoms with Crippen LogP contribution in [0.3, 0.4) is 0 Å². The first-order valence-electron chi connectivity index (χ1n) is 7.49. The highest BCUT2D eigenvalue weighted by molar-refractivity contribution is 5.96. The van der Waals surface area contributed by atoms with E-state index in [0.29, 0.717) is 31.2 Å². The van der Waals surface area contributed by atoms with Crippen molar-refractivity contribution in [1.29, 1.82) is 0 Å². The van der Waals surface area contributed by atoms with E-state index in [9.17, 15) is 4.79 Å². The van der Waals surface area contributed by atoms with Gasteiger partial charge in [0.25, 0.3) is 5.91 Å². The van der Waals surface area contributed by atoms with Crippen LogP contribution in [0.5, 0.6) is 5.88 Å². The molecule has 0 bridgehead atoms. The molecule has 0 aliphatic rings. The Morgan fingerprint density at radius 2 is 1.91 bits per heavy atom. The lowest BCUT2D eigenvalue weighted by molar-refractivity contribution is 0.0776. The summed E-state index contributed by atoms with van der Waals surface area (Å²) < 4.78 is 10.5. The first kappa shape index (κ1) is 17.0. The van der Waals surface area contributed by atoms with Gasteiger partial charge in [0.2, 0.25) is 5.88 Å². The molecule has 0 aliphatic carbocycles. The molecule has 1 aromatic heterocycles. The van der Waals surface area contributed by atoms with Crippen LogP contribution in [-0.4, -0.2) is 43.2 Å². The average Bonchev–Trinajstić information content (AvgIpc) is 2.57. The zero-order valence-corrected chi connectivity index (χ0v) is 13.8. The number of aromatic nitrogens is 1. The highest BCUT2D eigenvalue weighted by Gasteiger charge is 2.17. The van der Waals surface area contributed by atoms with Gasteiger partial charge >= 0.3 is 0 Å². The van der Waals surface area contributed by atoms with Crippen molar-refractivity contribution in [1.82, 2.24) is 9.88 Å². The van der Waals surface area contributed by atoms with Crippen molar-refractivity contribution in [3.8, 4) is 5.88 Å². The van der Waals surface area contributed by atoms with Crippen molar-refractivity contribution in [3.05, 3.63) is 59.3 Å². The summed E-state index contributed by atoms with van der Waals surface area (Å²) in [6, 6.07) is 11.6. The number of aryl methyl sites for hydroxylation is 1. The number of carbonyl (C=O) groups is 1. The van der Waals surface area contributed by atoms with Crippen LogP contribution in [0.15, 0.2) is 42.6 Å². The van der Waals surface area contributed by atoms with E-state index in [-0.39, 0.29) is 5.91 Å². The number of ether oxygens (including phenoxy) is 2. The van der Waals surface area contributed by atoms with Gasteiger partial charge in [0.15, 0.2) is 0 Å². The Bertz CT molecular complexity index is 641. The number of hydrogen-bond acceptors (Lipinski definition) is 4. The molecule has 0 saturated heterocycles. The van der Waals surface area contributed by atoms with Crippen molar-refractivity contribution >= 4 is 5.91 Å². The van der Waals surface area contributed by atoms with E-state index < -0.39 is 0 Å². The molecule has 122 valence electrons. The molecule has 1 aromatic carbocycles. The molecule has 5 heteroatoms. The van der Waals surface area contributed by atoms with Crippen LogP contribution in [0, 0.1) is 6.92 Å². The predicted molar refractivity (Wildman–Crippen MR) is 88.6 cm³/mol. The van der Waals surface area contributed by atoms with E-state index in [0.717, 1.165) is 5.56 Å². The maximum atomic E-state index is 12.6. The third kappa shape index (κ3) is 4.79. The fraction of sp³-hybridized carbons (Fsp3) is 0.333. The summed E-state index contributed by atoms with van der Waals surface area (Å²) in [4.78, 5) is 18.4. The lowest BCUT2D eigenvalue weighted by Crippen LogP contribution is -2.27. The molecule has 0 N–H and O–H groups in total. The molecular weight excluding hydrogens is 292 g/mol. The zero-order chi connectivity index (χ0) is 16.7. The standard InChI is InChI=1S/C18H22N2O3/c1-14-6-8-15(9-7-14)13-20(2)18(21)16-5-4-10-19-17(16)23-12-11-22-3/h4-10H,11-13H2,1-3H3. The van der Waals surface area contributed by atoms with Crippen LogP contribution in [-0.2, 0) is 11.3 Å². The molecular formula is C18H22N2O3. The van der Waals surface area contributed by atoms with E-state index in [1.165, 1.54) is 5.56 Å². The predicted octanol–water partition coefficient (Wildman–Crippen LogP) is 2.69. The van der Waals surface area contributed by atoms with Crippen molar-refractivity contribution in [3.63, 3.8) is 0 Å². The molecule has 0 aliphatic heterocycles. The molecule has 0 saturated carbocycles. The largest absolute Gasteiger partial charge is 0.475 e. The van der Waals surface area contributed by atoms with Gasteiger partial charge in [0, 0.05) is 26.9 Å². The SMILES string of the molecule is COCCOc1ncccc1C(=O)N(C)Cc1ccc(C)cc1. The van der Waals surface area contributed by atoms with Gasteiger partial charge in [-0.3, -0.25) is 4.79 Å². The van der Waals surface area contributed by atoms with Crippen molar-refractivity contribution in [2.45, 2.75) is 13.5 Å². The van der Waals surface area contributed by atoms with Crippen LogP contribution in [0.4, 0.5) is 0 Å². The molecule has 2 rings (SSSR count). The van der Waals surface area contributed by atoms with Gasteiger partial charge in [0.1, 0.15) is 12.2 Å². The second kappa shape index (κ2) is 8.29. The minimum absolute atomic E-state index is 0.119. The number of rotatable bonds is 7. The Hall–Kier alpha value is -2.40. The number of benzene rings is 1. The quantitative estimate of drug-likeness (QED) is 0.737. The number of amides is 1. The Morgan fingerprint density at radius 1 is 1.17 bits per heavy atom.